The fraction of sp³-hybridized carbons (Fsp3) is 0.613. The fourth-order valence-corrected chi connectivity index (χ4v) is 7.06. The van der Waals surface area contributed by atoms with Gasteiger partial charge in [-0.15, -0.1) is 0 Å². The standard InChI is InChI=1S/C31H40O8/c1-3-5-7-9-11-13-15-20-17-23-30(19-24(32)33)18-22-25(28(35)38-27(22)34)26(31(23,37)39-29(30)36)21(20)16-14-12-10-8-6-4-2/h3-6,17,20-21,26,37H,7-16,18-19H2,1-2H3,(H,32,33)/b5-3+,6-4+/t20-,21+,26+,30-,31?/m0/s1. The molecule has 2 aliphatic carbocycles. The number of unbranched alkanes of at least 4 members (excludes halogenated alkanes) is 6. The molecule has 212 valence electrons. The van der Waals surface area contributed by atoms with Gasteiger partial charge in [-0.25, -0.2) is 9.59 Å². The topological polar surface area (TPSA) is 127 Å². The zero-order chi connectivity index (χ0) is 28.2. The lowest BCUT2D eigenvalue weighted by Gasteiger charge is -2.44. The maximum atomic E-state index is 13.4. The number of cyclic esters (lactones) is 2. The van der Waals surface area contributed by atoms with Crippen LogP contribution in [0.5, 0.6) is 0 Å². The fourth-order valence-electron chi connectivity index (χ4n) is 7.06. The van der Waals surface area contributed by atoms with Crippen LogP contribution in [0.4, 0.5) is 0 Å². The summed E-state index contributed by atoms with van der Waals surface area (Å²) in [6, 6.07) is 0. The van der Waals surface area contributed by atoms with Crippen molar-refractivity contribution in [3.05, 3.63) is 47.1 Å². The maximum absolute atomic E-state index is 13.4. The number of carbonyl (C=O) groups excluding carboxylic acids is 3. The SMILES string of the molecule is C/C=C/CCCCC[C@@H]1[C@@H](CCCCC/C=C/C)C=C2C3(O)OC(=O)[C@]2(CC(=O)O)CC2=C(C(=O)OC2=O)[C@@H]13. The molecule has 0 amide bonds. The summed E-state index contributed by atoms with van der Waals surface area (Å²) in [4.78, 5) is 51.2. The van der Waals surface area contributed by atoms with Crippen molar-refractivity contribution in [2.75, 3.05) is 0 Å². The minimum Gasteiger partial charge on any atom is -0.481 e. The summed E-state index contributed by atoms with van der Waals surface area (Å²) in [6.07, 6.45) is 18.4. The quantitative estimate of drug-likeness (QED) is 0.131. The van der Waals surface area contributed by atoms with Gasteiger partial charge >= 0.3 is 23.9 Å². The molecule has 1 fully saturated rings. The number of aliphatic carboxylic acids is 1. The van der Waals surface area contributed by atoms with Crippen molar-refractivity contribution >= 4 is 23.9 Å². The molecule has 39 heavy (non-hydrogen) atoms. The Hall–Kier alpha value is -3.00. The Balaban J connectivity index is 1.74. The van der Waals surface area contributed by atoms with Gasteiger partial charge in [0.1, 0.15) is 5.41 Å². The molecule has 4 bridgehead atoms. The molecule has 0 aromatic rings. The van der Waals surface area contributed by atoms with Gasteiger partial charge in [-0.1, -0.05) is 56.1 Å². The third-order valence-corrected chi connectivity index (χ3v) is 8.83. The molecule has 2 N–H and O–H groups in total. The molecule has 0 saturated carbocycles. The van der Waals surface area contributed by atoms with E-state index < -0.39 is 47.4 Å². The second-order valence-corrected chi connectivity index (χ2v) is 11.3. The van der Waals surface area contributed by atoms with E-state index >= 15 is 0 Å². The monoisotopic (exact) mass is 540 g/mol. The van der Waals surface area contributed by atoms with E-state index in [9.17, 15) is 29.4 Å². The van der Waals surface area contributed by atoms with Crippen molar-refractivity contribution in [3.63, 3.8) is 0 Å². The molecule has 0 aromatic carbocycles. The largest absolute Gasteiger partial charge is 0.481 e. The molecule has 0 radical (unpaired) electrons. The summed E-state index contributed by atoms with van der Waals surface area (Å²) in [5, 5.41) is 21.8. The zero-order valence-electron chi connectivity index (χ0n) is 22.9. The first-order valence-corrected chi connectivity index (χ1v) is 14.3. The molecule has 8 nitrogen and oxygen atoms in total. The Labute approximate surface area is 229 Å². The molecule has 4 aliphatic rings. The van der Waals surface area contributed by atoms with Crippen LogP contribution in [0.1, 0.15) is 90.9 Å². The molecule has 0 aromatic heterocycles. The number of hydrogen-bond donors (Lipinski definition) is 2. The first kappa shape index (κ1) is 29.0. The number of allylic oxidation sites excluding steroid dienone is 5. The van der Waals surface area contributed by atoms with E-state index in [2.05, 4.69) is 12.2 Å². The number of ether oxygens (including phenoxy) is 2. The van der Waals surface area contributed by atoms with Crippen molar-refractivity contribution in [1.82, 2.24) is 0 Å². The number of rotatable bonds is 14. The van der Waals surface area contributed by atoms with Crippen molar-refractivity contribution in [2.24, 2.45) is 23.2 Å². The Morgan fingerprint density at radius 2 is 1.62 bits per heavy atom. The van der Waals surface area contributed by atoms with Crippen LogP contribution < -0.4 is 0 Å². The Bertz CT molecular complexity index is 1130. The van der Waals surface area contributed by atoms with Crippen LogP contribution in [0.3, 0.4) is 0 Å². The number of carbonyl (C=O) groups is 4. The number of hydrogen-bond acceptors (Lipinski definition) is 7. The van der Waals surface area contributed by atoms with E-state index in [-0.39, 0.29) is 35.0 Å². The molecule has 2 aliphatic heterocycles. The van der Waals surface area contributed by atoms with Gasteiger partial charge in [0.15, 0.2) is 0 Å². The lowest BCUT2D eigenvalue weighted by molar-refractivity contribution is -0.205. The van der Waals surface area contributed by atoms with E-state index in [0.29, 0.717) is 6.42 Å². The van der Waals surface area contributed by atoms with Crippen molar-refractivity contribution < 1.29 is 38.9 Å². The second-order valence-electron chi connectivity index (χ2n) is 11.3. The van der Waals surface area contributed by atoms with E-state index in [1.54, 1.807) is 0 Å². The van der Waals surface area contributed by atoms with Crippen molar-refractivity contribution in [2.45, 2.75) is 96.7 Å². The van der Waals surface area contributed by atoms with Gasteiger partial charge < -0.3 is 19.7 Å². The predicted molar refractivity (Wildman–Crippen MR) is 143 cm³/mol. The lowest BCUT2D eigenvalue weighted by Crippen LogP contribution is -2.50. The minimum absolute atomic E-state index is 0.00908. The molecule has 1 unspecified atom stereocenters. The Morgan fingerprint density at radius 3 is 2.23 bits per heavy atom. The van der Waals surface area contributed by atoms with Crippen molar-refractivity contribution in [1.29, 1.82) is 0 Å². The number of aliphatic hydroxyl groups is 1. The lowest BCUT2D eigenvalue weighted by atomic mass is 9.61. The van der Waals surface area contributed by atoms with Gasteiger partial charge in [0.2, 0.25) is 5.79 Å². The van der Waals surface area contributed by atoms with Gasteiger partial charge in [0.05, 0.1) is 23.5 Å². The highest BCUT2D eigenvalue weighted by molar-refractivity contribution is 6.14. The van der Waals surface area contributed by atoms with E-state index in [1.165, 1.54) is 0 Å². The highest BCUT2D eigenvalue weighted by atomic mass is 16.7. The molecule has 4 rings (SSSR count). The summed E-state index contributed by atoms with van der Waals surface area (Å²) in [7, 11) is 0. The summed E-state index contributed by atoms with van der Waals surface area (Å²) < 4.78 is 10.6. The first-order chi connectivity index (χ1) is 18.7. The van der Waals surface area contributed by atoms with Crippen LogP contribution in [-0.4, -0.2) is 39.9 Å². The average Bonchev–Trinajstić information content (AvgIpc) is 3.24. The highest BCUT2D eigenvalue weighted by Crippen LogP contribution is 2.64. The molecule has 2 heterocycles. The third-order valence-electron chi connectivity index (χ3n) is 8.83. The summed E-state index contributed by atoms with van der Waals surface area (Å²) in [6.45, 7) is 3.98. The second kappa shape index (κ2) is 12.0. The van der Waals surface area contributed by atoms with Crippen LogP contribution in [0.2, 0.25) is 0 Å². The summed E-state index contributed by atoms with van der Waals surface area (Å²) >= 11 is 0. The van der Waals surface area contributed by atoms with Crippen molar-refractivity contribution in [3.8, 4) is 0 Å². The van der Waals surface area contributed by atoms with E-state index in [4.69, 9.17) is 9.47 Å². The molecule has 8 heteroatoms. The molecular weight excluding hydrogens is 500 g/mol. The summed E-state index contributed by atoms with van der Waals surface area (Å²) in [5.74, 6) is -7.33. The van der Waals surface area contributed by atoms with Crippen LogP contribution in [0.15, 0.2) is 47.1 Å². The summed E-state index contributed by atoms with van der Waals surface area (Å²) in [5.41, 5.74) is -1.48. The minimum atomic E-state index is -2.18. The number of carboxylic acids is 1. The molecule has 5 atom stereocenters. The van der Waals surface area contributed by atoms with E-state index in [0.717, 1.165) is 57.8 Å². The first-order valence-electron chi connectivity index (χ1n) is 14.3. The van der Waals surface area contributed by atoms with Crippen LogP contribution in [-0.2, 0) is 28.7 Å². The zero-order valence-corrected chi connectivity index (χ0v) is 22.9. The van der Waals surface area contributed by atoms with Gasteiger partial charge in [-0.05, 0) is 64.2 Å². The highest BCUT2D eigenvalue weighted by Gasteiger charge is 2.71. The molecule has 1 saturated heterocycles. The van der Waals surface area contributed by atoms with E-state index in [1.807, 2.05) is 32.1 Å². The molecule has 0 spiro atoms. The number of esters is 3. The van der Waals surface area contributed by atoms with Crippen LogP contribution in [0, 0.1) is 23.2 Å². The van der Waals surface area contributed by atoms with Gasteiger partial charge in [0.25, 0.3) is 0 Å². The number of fused-ring (bicyclic) bond motifs is 1. The van der Waals surface area contributed by atoms with Gasteiger partial charge in [0, 0.05) is 12.0 Å². The predicted octanol–water partition coefficient (Wildman–Crippen LogP) is 5.32. The Morgan fingerprint density at radius 1 is 0.974 bits per heavy atom. The average molecular weight is 541 g/mol. The van der Waals surface area contributed by atoms with Crippen LogP contribution >= 0.6 is 0 Å². The third kappa shape index (κ3) is 5.40. The smallest absolute Gasteiger partial charge is 0.343 e. The number of carboxylic acid groups (broad SMARTS) is 1. The molecular formula is C31H40O8. The Kier molecular flexibility index (Phi) is 8.94. The van der Waals surface area contributed by atoms with Gasteiger partial charge in [-0.2, -0.15) is 0 Å². The van der Waals surface area contributed by atoms with Crippen LogP contribution in [0.25, 0.3) is 0 Å². The maximum Gasteiger partial charge on any atom is 0.343 e. The van der Waals surface area contributed by atoms with Gasteiger partial charge in [-0.3, -0.25) is 9.59 Å². The normalized spacial score (nSPS) is 31.5.